The Kier molecular flexibility index (Phi) is 67.7. The Morgan fingerprint density at radius 2 is 0.685 bits per heavy atom. The fraction of sp³-hybridized carbons (Fsp3) is 0.899. The monoisotopic (exact) mass is 1270 g/mol. The van der Waals surface area contributed by atoms with Gasteiger partial charge >= 0.3 is 5.97 Å². The molecular formula is C79H153N2O7P. The number of phosphoric ester groups is 1. The van der Waals surface area contributed by atoms with Crippen molar-refractivity contribution < 1.29 is 37.3 Å². The molecule has 9 nitrogen and oxygen atoms in total. The van der Waals surface area contributed by atoms with Crippen molar-refractivity contribution in [1.29, 1.82) is 0 Å². The normalized spacial score (nSPS) is 13.6. The molecule has 0 aliphatic rings. The molecule has 0 radical (unpaired) electrons. The van der Waals surface area contributed by atoms with Gasteiger partial charge in [-0.2, -0.15) is 0 Å². The second-order valence-electron chi connectivity index (χ2n) is 28.2. The smallest absolute Gasteiger partial charge is 0.306 e. The highest BCUT2D eigenvalue weighted by atomic mass is 31.2. The van der Waals surface area contributed by atoms with Crippen molar-refractivity contribution in [1.82, 2.24) is 5.32 Å². The molecule has 0 bridgehead atoms. The number of phosphoric acid groups is 1. The van der Waals surface area contributed by atoms with Crippen LogP contribution in [-0.2, 0) is 27.9 Å². The quantitative estimate of drug-likeness (QED) is 0.0212. The largest absolute Gasteiger partial charge is 0.756 e. The Morgan fingerprint density at radius 3 is 1.03 bits per heavy atom. The molecule has 0 rings (SSSR count). The summed E-state index contributed by atoms with van der Waals surface area (Å²) in [4.78, 5) is 40.3. The number of nitrogens with zero attached hydrogens (tertiary/aromatic N) is 1. The number of amides is 1. The molecule has 0 aromatic heterocycles. The van der Waals surface area contributed by atoms with E-state index in [0.717, 1.165) is 64.2 Å². The SMILES string of the molecule is CCCCC/C=C\C/C=C\CCCCCCCCCCCCCCCCCC(=O)NC(COP(=O)([O-])OCC[N+](C)(C)C)C(/C=C/CCCCCCCCCCCCC)OC(=O)CCCCCCCCCCCCCCCCCCCCCCCCCCC. The summed E-state index contributed by atoms with van der Waals surface area (Å²) in [5, 5.41) is 3.06. The summed E-state index contributed by atoms with van der Waals surface area (Å²) in [7, 11) is 1.21. The molecule has 0 spiro atoms. The Hall–Kier alpha value is -1.77. The summed E-state index contributed by atoms with van der Waals surface area (Å²) in [5.74, 6) is -0.515. The number of rotatable bonds is 73. The molecule has 3 unspecified atom stereocenters. The maximum Gasteiger partial charge on any atom is 0.306 e. The van der Waals surface area contributed by atoms with Crippen LogP contribution in [0.3, 0.4) is 0 Å². The van der Waals surface area contributed by atoms with Crippen LogP contribution < -0.4 is 10.2 Å². The third-order valence-corrected chi connectivity index (χ3v) is 19.0. The van der Waals surface area contributed by atoms with Gasteiger partial charge in [0.1, 0.15) is 19.3 Å². The zero-order chi connectivity index (χ0) is 64.9. The zero-order valence-corrected chi connectivity index (χ0v) is 61.3. The highest BCUT2D eigenvalue weighted by molar-refractivity contribution is 7.45. The van der Waals surface area contributed by atoms with E-state index < -0.39 is 20.0 Å². The number of allylic oxidation sites excluding steroid dienone is 5. The number of esters is 1. The van der Waals surface area contributed by atoms with E-state index in [-0.39, 0.29) is 31.5 Å². The molecule has 0 aliphatic heterocycles. The molecule has 89 heavy (non-hydrogen) atoms. The first-order valence-electron chi connectivity index (χ1n) is 39.3. The van der Waals surface area contributed by atoms with Crippen LogP contribution in [0.15, 0.2) is 36.5 Å². The number of unbranched alkanes of at least 4 members (excludes halogenated alkanes) is 53. The maximum absolute atomic E-state index is 13.6. The minimum atomic E-state index is -4.70. The van der Waals surface area contributed by atoms with Crippen LogP contribution >= 0.6 is 7.82 Å². The van der Waals surface area contributed by atoms with Gasteiger partial charge in [0.05, 0.1) is 33.8 Å². The predicted octanol–water partition coefficient (Wildman–Crippen LogP) is 24.7. The third-order valence-electron chi connectivity index (χ3n) is 18.1. The van der Waals surface area contributed by atoms with E-state index >= 15 is 0 Å². The lowest BCUT2D eigenvalue weighted by molar-refractivity contribution is -0.870. The number of ether oxygens (including phenoxy) is 1. The minimum Gasteiger partial charge on any atom is -0.756 e. The lowest BCUT2D eigenvalue weighted by Gasteiger charge is -2.30. The summed E-state index contributed by atoms with van der Waals surface area (Å²) in [6.07, 6.45) is 87.1. The van der Waals surface area contributed by atoms with E-state index in [2.05, 4.69) is 50.4 Å². The van der Waals surface area contributed by atoms with Crippen molar-refractivity contribution in [3.05, 3.63) is 36.5 Å². The van der Waals surface area contributed by atoms with Crippen LogP contribution in [0.5, 0.6) is 0 Å². The molecule has 0 heterocycles. The molecule has 526 valence electrons. The number of carbonyl (C=O) groups excluding carboxylic acids is 2. The van der Waals surface area contributed by atoms with Crippen molar-refractivity contribution in [2.75, 3.05) is 40.9 Å². The van der Waals surface area contributed by atoms with Gasteiger partial charge in [-0.25, -0.2) is 0 Å². The van der Waals surface area contributed by atoms with Crippen LogP contribution in [-0.4, -0.2) is 69.4 Å². The first-order chi connectivity index (χ1) is 43.4. The molecule has 0 aromatic rings. The molecule has 0 aromatic carbocycles. The van der Waals surface area contributed by atoms with Crippen molar-refractivity contribution >= 4 is 19.7 Å². The van der Waals surface area contributed by atoms with Gasteiger partial charge in [0.25, 0.3) is 7.82 Å². The first-order valence-corrected chi connectivity index (χ1v) is 40.8. The van der Waals surface area contributed by atoms with Crippen molar-refractivity contribution in [3.63, 3.8) is 0 Å². The second-order valence-corrected chi connectivity index (χ2v) is 29.6. The number of quaternary nitrogens is 1. The number of carbonyl (C=O) groups is 2. The molecule has 1 amide bonds. The van der Waals surface area contributed by atoms with Gasteiger partial charge in [0, 0.05) is 12.8 Å². The number of likely N-dealkylation sites (N-methyl/N-ethyl adjacent to an activating group) is 1. The summed E-state index contributed by atoms with van der Waals surface area (Å²) in [5.41, 5.74) is 0. The lowest BCUT2D eigenvalue weighted by atomic mass is 10.0. The van der Waals surface area contributed by atoms with Crippen LogP contribution in [0.4, 0.5) is 0 Å². The predicted molar refractivity (Wildman–Crippen MR) is 386 cm³/mol. The minimum absolute atomic E-state index is 0.0187. The van der Waals surface area contributed by atoms with Gasteiger partial charge in [-0.1, -0.05) is 366 Å². The summed E-state index contributed by atoms with van der Waals surface area (Å²) < 4.78 is 30.6. The molecule has 0 saturated heterocycles. The average Bonchev–Trinajstić information content (AvgIpc) is 3.67. The van der Waals surface area contributed by atoms with Gasteiger partial charge in [0.2, 0.25) is 5.91 Å². The number of nitrogens with one attached hydrogen (secondary N) is 1. The molecule has 0 saturated carbocycles. The summed E-state index contributed by atoms with van der Waals surface area (Å²) in [6, 6.07) is -0.886. The van der Waals surface area contributed by atoms with Gasteiger partial charge in [-0.05, 0) is 63.9 Å². The first kappa shape index (κ1) is 87.2. The number of hydrogen-bond donors (Lipinski definition) is 1. The standard InChI is InChI=1S/C79H153N2O7P/c1-7-10-13-16-19-22-25-28-30-32-34-36-38-40-42-44-46-48-50-53-56-59-62-65-68-71-78(82)80-76(75-87-89(84,85)86-74-73-81(4,5)6)77(70-67-64-61-58-55-52-27-24-21-18-15-12-9-3)88-79(83)72-69-66-63-60-57-54-51-49-47-45-43-41-39-37-35-33-31-29-26-23-20-17-14-11-8-2/h19,22,28,30,67,70,76-77H,7-18,20-21,23-27,29,31-66,68-69,71-75H2,1-6H3,(H-,80,82,84,85)/b22-19-,30-28-,70-67+. The molecule has 0 aliphatic carbocycles. The molecule has 0 fully saturated rings. The fourth-order valence-corrected chi connectivity index (χ4v) is 12.8. The molecule has 10 heteroatoms. The van der Waals surface area contributed by atoms with Crippen LogP contribution in [0.2, 0.25) is 0 Å². The van der Waals surface area contributed by atoms with E-state index in [0.29, 0.717) is 17.4 Å². The van der Waals surface area contributed by atoms with Crippen LogP contribution in [0.1, 0.15) is 406 Å². The van der Waals surface area contributed by atoms with E-state index in [9.17, 15) is 19.0 Å². The highest BCUT2D eigenvalue weighted by Gasteiger charge is 2.27. The highest BCUT2D eigenvalue weighted by Crippen LogP contribution is 2.38. The maximum atomic E-state index is 13.6. The lowest BCUT2D eigenvalue weighted by Crippen LogP contribution is -2.47. The van der Waals surface area contributed by atoms with Crippen LogP contribution in [0, 0.1) is 0 Å². The fourth-order valence-electron chi connectivity index (χ4n) is 12.0. The van der Waals surface area contributed by atoms with E-state index in [1.165, 1.54) is 308 Å². The summed E-state index contributed by atoms with van der Waals surface area (Å²) >= 11 is 0. The van der Waals surface area contributed by atoms with E-state index in [4.69, 9.17) is 13.8 Å². The average molecular weight is 1270 g/mol. The Bertz CT molecular complexity index is 1610. The molecule has 3 atom stereocenters. The van der Waals surface area contributed by atoms with Gasteiger partial charge in [-0.3, -0.25) is 14.2 Å². The summed E-state index contributed by atoms with van der Waals surface area (Å²) in [6.45, 7) is 6.90. The molecular weight excluding hydrogens is 1120 g/mol. The van der Waals surface area contributed by atoms with Crippen molar-refractivity contribution in [2.45, 2.75) is 418 Å². The second kappa shape index (κ2) is 69.1. The Balaban J connectivity index is 4.95. The van der Waals surface area contributed by atoms with Gasteiger partial charge < -0.3 is 28.5 Å². The Labute approximate surface area is 555 Å². The Morgan fingerprint density at radius 1 is 0.393 bits per heavy atom. The van der Waals surface area contributed by atoms with Gasteiger partial charge in [0.15, 0.2) is 0 Å². The van der Waals surface area contributed by atoms with Crippen LogP contribution in [0.25, 0.3) is 0 Å². The topological polar surface area (TPSA) is 114 Å². The van der Waals surface area contributed by atoms with Crippen molar-refractivity contribution in [2.24, 2.45) is 0 Å². The van der Waals surface area contributed by atoms with Crippen molar-refractivity contribution in [3.8, 4) is 0 Å². The zero-order valence-electron chi connectivity index (χ0n) is 60.4. The third kappa shape index (κ3) is 70.4. The number of hydrogen-bond acceptors (Lipinski definition) is 7. The van der Waals surface area contributed by atoms with Gasteiger partial charge in [-0.15, -0.1) is 0 Å². The van der Waals surface area contributed by atoms with E-state index in [1.54, 1.807) is 0 Å². The molecule has 1 N–H and O–H groups in total. The van der Waals surface area contributed by atoms with E-state index in [1.807, 2.05) is 33.3 Å².